The summed E-state index contributed by atoms with van der Waals surface area (Å²) in [5, 5.41) is 0. The van der Waals surface area contributed by atoms with Gasteiger partial charge in [0.25, 0.3) is 0 Å². The van der Waals surface area contributed by atoms with Crippen molar-refractivity contribution in [1.82, 2.24) is 4.90 Å². The molecule has 0 aromatic rings. The van der Waals surface area contributed by atoms with Crippen LogP contribution in [0.4, 0.5) is 0 Å². The van der Waals surface area contributed by atoms with Gasteiger partial charge >= 0.3 is 0 Å². The first-order valence-corrected chi connectivity index (χ1v) is 9.78. The van der Waals surface area contributed by atoms with Crippen LogP contribution in [0.3, 0.4) is 0 Å². The summed E-state index contributed by atoms with van der Waals surface area (Å²) in [6.07, 6.45) is 12.1. The summed E-state index contributed by atoms with van der Waals surface area (Å²) in [4.78, 5) is 25.0. The van der Waals surface area contributed by atoms with Crippen LogP contribution in [0.2, 0.25) is 0 Å². The number of carbonyl (C=O) groups is 2. The summed E-state index contributed by atoms with van der Waals surface area (Å²) < 4.78 is 0. The van der Waals surface area contributed by atoms with Gasteiger partial charge in [-0.2, -0.15) is 0 Å². The molecule has 0 spiro atoms. The first kappa shape index (κ1) is 16.4. The Hall–Kier alpha value is -1.12. The van der Waals surface area contributed by atoms with Crippen LogP contribution in [0.1, 0.15) is 65.2 Å². The number of allylic oxidation sites excluding steroid dienone is 1. The van der Waals surface area contributed by atoms with Crippen LogP contribution in [-0.2, 0) is 9.59 Å². The Labute approximate surface area is 145 Å². The van der Waals surface area contributed by atoms with E-state index in [1.54, 1.807) is 0 Å². The third-order valence-electron chi connectivity index (χ3n) is 8.45. The van der Waals surface area contributed by atoms with E-state index in [9.17, 15) is 9.59 Å². The molecule has 132 valence electrons. The third-order valence-corrected chi connectivity index (χ3v) is 8.45. The van der Waals surface area contributed by atoms with Crippen molar-refractivity contribution >= 4 is 12.2 Å². The average Bonchev–Trinajstić information content (AvgIpc) is 2.92. The molecule has 0 heterocycles. The maximum atomic E-state index is 11.9. The zero-order valence-electron chi connectivity index (χ0n) is 15.4. The number of ketones is 1. The van der Waals surface area contributed by atoms with E-state index in [-0.39, 0.29) is 5.41 Å². The fraction of sp³-hybridized carbons (Fsp3) is 0.810. The topological polar surface area (TPSA) is 37.4 Å². The Morgan fingerprint density at radius 2 is 1.96 bits per heavy atom. The molecule has 1 amide bonds. The molecule has 3 heteroatoms. The molecule has 3 saturated carbocycles. The van der Waals surface area contributed by atoms with Crippen molar-refractivity contribution in [3.8, 4) is 0 Å². The van der Waals surface area contributed by atoms with E-state index in [1.807, 2.05) is 18.0 Å². The zero-order chi connectivity index (χ0) is 17.1. The molecule has 6 atom stereocenters. The highest BCUT2D eigenvalue weighted by Crippen LogP contribution is 2.65. The van der Waals surface area contributed by atoms with E-state index in [4.69, 9.17) is 0 Å². The highest BCUT2D eigenvalue weighted by molar-refractivity contribution is 5.91. The number of hydrogen-bond donors (Lipinski definition) is 0. The zero-order valence-corrected chi connectivity index (χ0v) is 15.4. The number of carbonyl (C=O) groups excluding carboxylic acids is 2. The monoisotopic (exact) mass is 329 g/mol. The van der Waals surface area contributed by atoms with E-state index < -0.39 is 0 Å². The van der Waals surface area contributed by atoms with Gasteiger partial charge in [-0.05, 0) is 79.6 Å². The van der Waals surface area contributed by atoms with Gasteiger partial charge in [0.05, 0.1) is 0 Å². The van der Waals surface area contributed by atoms with Gasteiger partial charge in [0, 0.05) is 19.5 Å². The predicted molar refractivity (Wildman–Crippen MR) is 94.3 cm³/mol. The molecule has 3 fully saturated rings. The average molecular weight is 329 g/mol. The molecular formula is C21H31NO2. The van der Waals surface area contributed by atoms with Crippen LogP contribution >= 0.6 is 0 Å². The Bertz CT molecular complexity index is 597. The first-order valence-electron chi connectivity index (χ1n) is 9.78. The molecule has 0 saturated heterocycles. The second-order valence-electron chi connectivity index (χ2n) is 9.53. The molecule has 0 aromatic heterocycles. The maximum Gasteiger partial charge on any atom is 0.209 e. The van der Waals surface area contributed by atoms with Gasteiger partial charge in [-0.1, -0.05) is 19.4 Å². The van der Waals surface area contributed by atoms with E-state index in [1.165, 1.54) is 37.7 Å². The molecule has 0 aromatic carbocycles. The van der Waals surface area contributed by atoms with Gasteiger partial charge in [-0.3, -0.25) is 9.59 Å². The van der Waals surface area contributed by atoms with Crippen LogP contribution in [-0.4, -0.2) is 30.2 Å². The fourth-order valence-corrected chi connectivity index (χ4v) is 6.98. The Balaban J connectivity index is 1.63. The van der Waals surface area contributed by atoms with Gasteiger partial charge in [0.2, 0.25) is 6.41 Å². The molecular weight excluding hydrogens is 298 g/mol. The van der Waals surface area contributed by atoms with Crippen LogP contribution in [0.25, 0.3) is 0 Å². The standard InChI is InChI=1S/C21H31NO2/c1-20-8-7-18-17(19(20)11-15(12-20)22(3)13-23)5-4-14-10-16(24)6-9-21(14,18)2/h10,13,15,17-19H,4-9,11-12H2,1-3H3. The van der Waals surface area contributed by atoms with Crippen LogP contribution in [0.5, 0.6) is 0 Å². The molecule has 0 bridgehead atoms. The van der Waals surface area contributed by atoms with Crippen LogP contribution in [0.15, 0.2) is 11.6 Å². The van der Waals surface area contributed by atoms with Crippen molar-refractivity contribution in [3.05, 3.63) is 11.6 Å². The van der Waals surface area contributed by atoms with Crippen LogP contribution < -0.4 is 0 Å². The van der Waals surface area contributed by atoms with Gasteiger partial charge in [0.1, 0.15) is 0 Å². The molecule has 3 nitrogen and oxygen atoms in total. The normalized spacial score (nSPS) is 47.3. The second-order valence-corrected chi connectivity index (χ2v) is 9.53. The molecule has 4 rings (SSSR count). The van der Waals surface area contributed by atoms with Crippen molar-refractivity contribution < 1.29 is 9.59 Å². The summed E-state index contributed by atoms with van der Waals surface area (Å²) in [6.45, 7) is 4.92. The number of hydrogen-bond acceptors (Lipinski definition) is 2. The Kier molecular flexibility index (Phi) is 3.71. The summed E-state index contributed by atoms with van der Waals surface area (Å²) >= 11 is 0. The summed E-state index contributed by atoms with van der Waals surface area (Å²) in [7, 11) is 1.95. The lowest BCUT2D eigenvalue weighted by atomic mass is 9.47. The predicted octanol–water partition coefficient (Wildman–Crippen LogP) is 3.98. The Morgan fingerprint density at radius 1 is 1.17 bits per heavy atom. The van der Waals surface area contributed by atoms with Gasteiger partial charge in [-0.15, -0.1) is 0 Å². The van der Waals surface area contributed by atoms with Crippen molar-refractivity contribution in [2.45, 2.75) is 71.3 Å². The number of amides is 1. The number of fused-ring (bicyclic) bond motifs is 5. The number of rotatable bonds is 2. The first-order chi connectivity index (χ1) is 11.4. The summed E-state index contributed by atoms with van der Waals surface area (Å²) in [5.41, 5.74) is 2.11. The highest BCUT2D eigenvalue weighted by atomic mass is 16.1. The van der Waals surface area contributed by atoms with E-state index >= 15 is 0 Å². The molecule has 0 aliphatic heterocycles. The minimum absolute atomic E-state index is 0.257. The quantitative estimate of drug-likeness (QED) is 0.719. The SMILES string of the molecule is CN(C=O)C1CC2C3CCC4=CC(=O)CCC4(C)C3CCC2(C)C1. The van der Waals surface area contributed by atoms with E-state index in [0.717, 1.165) is 43.4 Å². The molecule has 0 radical (unpaired) electrons. The van der Waals surface area contributed by atoms with Crippen LogP contribution in [0, 0.1) is 28.6 Å². The molecule has 4 aliphatic carbocycles. The number of nitrogens with zero attached hydrogens (tertiary/aromatic N) is 1. The lowest BCUT2D eigenvalue weighted by Gasteiger charge is -2.57. The largest absolute Gasteiger partial charge is 0.345 e. The van der Waals surface area contributed by atoms with Crippen molar-refractivity contribution in [2.24, 2.45) is 28.6 Å². The lowest BCUT2D eigenvalue weighted by Crippen LogP contribution is -2.49. The molecule has 6 unspecified atom stereocenters. The fourth-order valence-electron chi connectivity index (χ4n) is 6.98. The summed E-state index contributed by atoms with van der Waals surface area (Å²) in [6, 6.07) is 0.425. The summed E-state index contributed by atoms with van der Waals surface area (Å²) in [5.74, 6) is 2.61. The molecule has 0 N–H and O–H groups in total. The van der Waals surface area contributed by atoms with Gasteiger partial charge in [-0.25, -0.2) is 0 Å². The lowest BCUT2D eigenvalue weighted by molar-refractivity contribution is -0.119. The smallest absolute Gasteiger partial charge is 0.209 e. The van der Waals surface area contributed by atoms with E-state index in [0.29, 0.717) is 17.2 Å². The minimum Gasteiger partial charge on any atom is -0.345 e. The van der Waals surface area contributed by atoms with Crippen molar-refractivity contribution in [3.63, 3.8) is 0 Å². The minimum atomic E-state index is 0.257. The second kappa shape index (κ2) is 5.44. The van der Waals surface area contributed by atoms with Crippen molar-refractivity contribution in [1.29, 1.82) is 0 Å². The van der Waals surface area contributed by atoms with Crippen molar-refractivity contribution in [2.75, 3.05) is 7.05 Å². The highest BCUT2D eigenvalue weighted by Gasteiger charge is 2.58. The van der Waals surface area contributed by atoms with E-state index in [2.05, 4.69) is 13.8 Å². The van der Waals surface area contributed by atoms with Gasteiger partial charge < -0.3 is 4.90 Å². The molecule has 4 aliphatic rings. The third kappa shape index (κ3) is 2.23. The Morgan fingerprint density at radius 3 is 2.71 bits per heavy atom. The maximum absolute atomic E-state index is 11.9. The molecule has 24 heavy (non-hydrogen) atoms. The van der Waals surface area contributed by atoms with Gasteiger partial charge in [0.15, 0.2) is 5.78 Å².